The Labute approximate surface area is 120 Å². The maximum Gasteiger partial charge on any atom is 0.144 e. The summed E-state index contributed by atoms with van der Waals surface area (Å²) in [4.78, 5) is 11.2. The van der Waals surface area contributed by atoms with Crippen molar-refractivity contribution in [2.45, 2.75) is 45.7 Å². The summed E-state index contributed by atoms with van der Waals surface area (Å²) in [6, 6.07) is 2.23. The highest BCUT2D eigenvalue weighted by atomic mass is 35.5. The molecule has 1 aromatic rings. The fourth-order valence-corrected chi connectivity index (χ4v) is 3.10. The van der Waals surface area contributed by atoms with Gasteiger partial charge in [-0.1, -0.05) is 24.9 Å². The maximum absolute atomic E-state index is 5.99. The molecule has 0 amide bonds. The summed E-state index contributed by atoms with van der Waals surface area (Å²) in [6.07, 6.45) is 3.68. The van der Waals surface area contributed by atoms with Gasteiger partial charge in [0.15, 0.2) is 0 Å². The molecule has 0 saturated carbocycles. The van der Waals surface area contributed by atoms with Crippen molar-refractivity contribution in [3.05, 3.63) is 22.7 Å². The first kappa shape index (κ1) is 14.7. The highest BCUT2D eigenvalue weighted by Gasteiger charge is 2.27. The first-order valence-corrected chi connectivity index (χ1v) is 7.44. The number of nitrogens with zero attached hydrogens (tertiary/aromatic N) is 3. The molecule has 1 saturated heterocycles. The van der Waals surface area contributed by atoms with E-state index in [0.717, 1.165) is 30.5 Å². The van der Waals surface area contributed by atoms with Gasteiger partial charge >= 0.3 is 0 Å². The first-order chi connectivity index (χ1) is 9.12. The third kappa shape index (κ3) is 3.88. The van der Waals surface area contributed by atoms with Crippen LogP contribution in [0.25, 0.3) is 0 Å². The number of hydrogen-bond acceptors (Lipinski definition) is 4. The molecule has 1 aliphatic heterocycles. The monoisotopic (exact) mass is 282 g/mol. The summed E-state index contributed by atoms with van der Waals surface area (Å²) in [5.41, 5.74) is 6.83. The zero-order chi connectivity index (χ0) is 13.8. The number of rotatable bonds is 4. The van der Waals surface area contributed by atoms with Crippen LogP contribution < -0.4 is 5.73 Å². The molecular formula is C14H23ClN4. The van der Waals surface area contributed by atoms with Crippen LogP contribution in [0.4, 0.5) is 0 Å². The average Bonchev–Trinajstić information content (AvgIpc) is 2.38. The minimum absolute atomic E-state index is 0.446. The molecule has 1 aromatic heterocycles. The van der Waals surface area contributed by atoms with E-state index in [4.69, 9.17) is 17.3 Å². The largest absolute Gasteiger partial charge is 0.329 e. The predicted octanol–water partition coefficient (Wildman–Crippen LogP) is 2.39. The molecule has 1 fully saturated rings. The Morgan fingerprint density at radius 2 is 2.26 bits per heavy atom. The van der Waals surface area contributed by atoms with E-state index >= 15 is 0 Å². The summed E-state index contributed by atoms with van der Waals surface area (Å²) < 4.78 is 0. The van der Waals surface area contributed by atoms with Crippen LogP contribution in [-0.2, 0) is 6.54 Å². The normalized spacial score (nSPS) is 24.6. The molecule has 0 radical (unpaired) electrons. The highest BCUT2D eigenvalue weighted by molar-refractivity contribution is 6.29. The lowest BCUT2D eigenvalue weighted by molar-refractivity contribution is 0.105. The minimum atomic E-state index is 0.446. The predicted molar refractivity (Wildman–Crippen MR) is 78.0 cm³/mol. The maximum atomic E-state index is 5.99. The lowest BCUT2D eigenvalue weighted by Crippen LogP contribution is -2.46. The Kier molecular flexibility index (Phi) is 5.13. The highest BCUT2D eigenvalue weighted by Crippen LogP contribution is 2.25. The van der Waals surface area contributed by atoms with E-state index in [-0.39, 0.29) is 0 Å². The van der Waals surface area contributed by atoms with E-state index in [9.17, 15) is 0 Å². The Bertz CT molecular complexity index is 404. The Morgan fingerprint density at radius 3 is 2.89 bits per heavy atom. The first-order valence-electron chi connectivity index (χ1n) is 7.06. The topological polar surface area (TPSA) is 55.0 Å². The van der Waals surface area contributed by atoms with E-state index < -0.39 is 0 Å². The van der Waals surface area contributed by atoms with E-state index in [1.54, 1.807) is 6.07 Å². The molecule has 2 heterocycles. The van der Waals surface area contributed by atoms with Crippen molar-refractivity contribution in [3.8, 4) is 0 Å². The average molecular weight is 283 g/mol. The third-order valence-corrected chi connectivity index (χ3v) is 4.20. The van der Waals surface area contributed by atoms with Crippen LogP contribution in [0.5, 0.6) is 0 Å². The van der Waals surface area contributed by atoms with Crippen molar-refractivity contribution in [2.24, 2.45) is 11.7 Å². The number of aryl methyl sites for hydroxylation is 1. The van der Waals surface area contributed by atoms with Crippen LogP contribution in [0.2, 0.25) is 5.15 Å². The van der Waals surface area contributed by atoms with Crippen LogP contribution in [0, 0.1) is 12.8 Å². The van der Waals surface area contributed by atoms with Gasteiger partial charge in [0.25, 0.3) is 0 Å². The van der Waals surface area contributed by atoms with E-state index in [0.29, 0.717) is 17.7 Å². The van der Waals surface area contributed by atoms with Gasteiger partial charge in [0.1, 0.15) is 11.0 Å². The van der Waals surface area contributed by atoms with Gasteiger partial charge in [0.2, 0.25) is 0 Å². The van der Waals surface area contributed by atoms with Crippen molar-refractivity contribution < 1.29 is 0 Å². The summed E-state index contributed by atoms with van der Waals surface area (Å²) in [7, 11) is 0. The molecule has 0 spiro atoms. The van der Waals surface area contributed by atoms with Crippen LogP contribution in [0.3, 0.4) is 0 Å². The molecule has 0 aliphatic carbocycles. The second-order valence-electron chi connectivity index (χ2n) is 5.41. The van der Waals surface area contributed by atoms with Crippen LogP contribution in [0.1, 0.15) is 37.7 Å². The van der Waals surface area contributed by atoms with Crippen molar-refractivity contribution in [1.29, 1.82) is 0 Å². The van der Waals surface area contributed by atoms with Crippen molar-refractivity contribution in [2.75, 3.05) is 13.1 Å². The van der Waals surface area contributed by atoms with E-state index in [1.165, 1.54) is 19.3 Å². The van der Waals surface area contributed by atoms with Gasteiger partial charge in [-0.3, -0.25) is 4.90 Å². The zero-order valence-electron chi connectivity index (χ0n) is 11.8. The van der Waals surface area contributed by atoms with Gasteiger partial charge in [-0.2, -0.15) is 0 Å². The second kappa shape index (κ2) is 6.64. The lowest BCUT2D eigenvalue weighted by Gasteiger charge is -2.38. The summed E-state index contributed by atoms with van der Waals surface area (Å²) in [6.45, 7) is 6.74. The number of nitrogens with two attached hydrogens (primary N) is 1. The molecule has 0 bridgehead atoms. The van der Waals surface area contributed by atoms with Gasteiger partial charge in [0, 0.05) is 18.3 Å². The number of aromatic nitrogens is 2. The molecule has 2 N–H and O–H groups in total. The van der Waals surface area contributed by atoms with Gasteiger partial charge in [-0.25, -0.2) is 9.97 Å². The lowest BCUT2D eigenvalue weighted by atomic mass is 9.89. The smallest absolute Gasteiger partial charge is 0.144 e. The minimum Gasteiger partial charge on any atom is -0.329 e. The van der Waals surface area contributed by atoms with E-state index in [2.05, 4.69) is 21.8 Å². The van der Waals surface area contributed by atoms with Crippen molar-refractivity contribution in [1.82, 2.24) is 14.9 Å². The van der Waals surface area contributed by atoms with Gasteiger partial charge in [-0.15, -0.1) is 0 Å². The Balaban J connectivity index is 2.05. The number of halogens is 1. The molecular weight excluding hydrogens is 260 g/mol. The summed E-state index contributed by atoms with van der Waals surface area (Å²) >= 11 is 5.99. The van der Waals surface area contributed by atoms with Crippen molar-refractivity contribution in [3.63, 3.8) is 0 Å². The van der Waals surface area contributed by atoms with Crippen LogP contribution in [-0.4, -0.2) is 34.0 Å². The quantitative estimate of drug-likeness (QED) is 0.862. The molecule has 2 unspecified atom stereocenters. The zero-order valence-corrected chi connectivity index (χ0v) is 12.5. The molecule has 2 atom stereocenters. The molecule has 106 valence electrons. The molecule has 2 rings (SSSR count). The van der Waals surface area contributed by atoms with E-state index in [1.807, 2.05) is 6.92 Å². The Hall–Kier alpha value is -0.710. The number of likely N-dealkylation sites (tertiary alicyclic amines) is 1. The van der Waals surface area contributed by atoms with Gasteiger partial charge in [0.05, 0.1) is 6.54 Å². The van der Waals surface area contributed by atoms with Gasteiger partial charge in [-0.05, 0) is 38.3 Å². The second-order valence-corrected chi connectivity index (χ2v) is 5.79. The van der Waals surface area contributed by atoms with Crippen molar-refractivity contribution >= 4 is 11.6 Å². The Morgan fingerprint density at radius 1 is 1.47 bits per heavy atom. The molecule has 0 aromatic carbocycles. The van der Waals surface area contributed by atoms with Gasteiger partial charge < -0.3 is 5.73 Å². The number of piperidine rings is 1. The molecule has 19 heavy (non-hydrogen) atoms. The molecule has 1 aliphatic rings. The van der Waals surface area contributed by atoms with Crippen LogP contribution in [0.15, 0.2) is 6.07 Å². The SMILES string of the molecule is CCC1CCN(Cc2nc(C)cc(Cl)n2)C(CN)C1. The summed E-state index contributed by atoms with van der Waals surface area (Å²) in [5.74, 6) is 1.62. The fraction of sp³-hybridized carbons (Fsp3) is 0.714. The van der Waals surface area contributed by atoms with Crippen LogP contribution >= 0.6 is 11.6 Å². The molecule has 4 nitrogen and oxygen atoms in total. The molecule has 5 heteroatoms. The summed E-state index contributed by atoms with van der Waals surface area (Å²) in [5, 5.41) is 0.523. The third-order valence-electron chi connectivity index (χ3n) is 4.01. The standard InChI is InChI=1S/C14H23ClN4/c1-3-11-4-5-19(12(7-11)8-16)9-14-17-10(2)6-13(15)18-14/h6,11-12H,3-5,7-9,16H2,1-2H3. The fourth-order valence-electron chi connectivity index (χ4n) is 2.85. The number of hydrogen-bond donors (Lipinski definition) is 1.